The van der Waals surface area contributed by atoms with Crippen molar-refractivity contribution in [3.63, 3.8) is 0 Å². The monoisotopic (exact) mass is 489 g/mol. The summed E-state index contributed by atoms with van der Waals surface area (Å²) in [6.07, 6.45) is 6.94. The zero-order valence-corrected chi connectivity index (χ0v) is 20.5. The molecule has 0 unspecified atom stereocenters. The molecule has 0 saturated carbocycles. The van der Waals surface area contributed by atoms with Crippen LogP contribution in [0.25, 0.3) is 6.08 Å². The van der Waals surface area contributed by atoms with Crippen molar-refractivity contribution in [2.24, 2.45) is 0 Å². The number of rotatable bonds is 10. The molecule has 2 aromatic carbocycles. The van der Waals surface area contributed by atoms with Gasteiger partial charge in [0.05, 0.1) is 32.5 Å². The number of carbonyl (C=O) groups is 2. The van der Waals surface area contributed by atoms with Crippen LogP contribution >= 0.6 is 0 Å². The fraction of sp³-hybridized carbons (Fsp3) is 0.333. The number of amides is 1. The molecule has 1 amide bonds. The van der Waals surface area contributed by atoms with Gasteiger partial charge in [-0.05, 0) is 24.5 Å². The number of nitrogens with one attached hydrogen (secondary N) is 1. The Morgan fingerprint density at radius 2 is 1.89 bits per heavy atom. The first-order chi connectivity index (χ1) is 17.6. The second-order valence-corrected chi connectivity index (χ2v) is 8.61. The number of ether oxygens (including phenoxy) is 2. The fourth-order valence-corrected chi connectivity index (χ4v) is 4.41. The Morgan fingerprint density at radius 1 is 1.11 bits per heavy atom. The molecule has 0 aliphatic carbocycles. The Balaban J connectivity index is 1.45. The number of carbonyl (C=O) groups excluding carboxylic acids is 2. The molecule has 2 heterocycles. The average Bonchev–Trinajstić information content (AvgIpc) is 3.57. The molecule has 1 aliphatic heterocycles. The minimum atomic E-state index is -0.536. The van der Waals surface area contributed by atoms with E-state index in [0.717, 1.165) is 17.7 Å². The second kappa shape index (κ2) is 12.1. The van der Waals surface area contributed by atoms with E-state index >= 15 is 0 Å². The number of nitrogens with zero attached hydrogens (tertiary/aromatic N) is 4. The Hall–Kier alpha value is -3.98. The number of hydrogen-bond donors (Lipinski definition) is 1. The van der Waals surface area contributed by atoms with Gasteiger partial charge in [0.1, 0.15) is 5.75 Å². The molecule has 36 heavy (non-hydrogen) atoms. The maximum Gasteiger partial charge on any atom is 0.360 e. The number of aromatic nitrogens is 3. The van der Waals surface area contributed by atoms with Gasteiger partial charge in [-0.2, -0.15) is 0 Å². The minimum Gasteiger partial charge on any atom is -0.496 e. The molecule has 1 N–H and O–H groups in total. The SMILES string of the molecule is COC(=O)c1cn([C@@H]2C[C@@H](C(=O)NCCc3ccccc3)N(CC=Cc3ccccc3OC)C2)nn1. The van der Waals surface area contributed by atoms with E-state index in [1.165, 1.54) is 12.7 Å². The van der Waals surface area contributed by atoms with E-state index < -0.39 is 5.97 Å². The minimum absolute atomic E-state index is 0.0209. The molecule has 1 aliphatic rings. The van der Waals surface area contributed by atoms with Gasteiger partial charge >= 0.3 is 5.97 Å². The Kier molecular flexibility index (Phi) is 8.46. The van der Waals surface area contributed by atoms with E-state index in [-0.39, 0.29) is 23.7 Å². The molecule has 9 heteroatoms. The van der Waals surface area contributed by atoms with Crippen LogP contribution in [0.15, 0.2) is 66.9 Å². The molecule has 9 nitrogen and oxygen atoms in total. The van der Waals surface area contributed by atoms with Crippen molar-refractivity contribution < 1.29 is 19.1 Å². The van der Waals surface area contributed by atoms with Gasteiger partial charge < -0.3 is 14.8 Å². The van der Waals surface area contributed by atoms with Crippen molar-refractivity contribution in [2.75, 3.05) is 33.9 Å². The summed E-state index contributed by atoms with van der Waals surface area (Å²) in [7, 11) is 2.96. The van der Waals surface area contributed by atoms with Crippen LogP contribution in [0.4, 0.5) is 0 Å². The maximum atomic E-state index is 13.2. The standard InChI is InChI=1S/C27H31N5O4/c1-35-25-13-7-6-11-21(25)12-8-16-31-18-22(32-19-23(29-30-32)27(34)36-2)17-24(31)26(33)28-15-14-20-9-4-3-5-10-20/h3-13,19,22,24H,14-18H2,1-2H3,(H,28,33)/t22-,24+/m1/s1. The van der Waals surface area contributed by atoms with Crippen molar-refractivity contribution in [1.29, 1.82) is 0 Å². The smallest absolute Gasteiger partial charge is 0.360 e. The summed E-state index contributed by atoms with van der Waals surface area (Å²) < 4.78 is 11.8. The number of esters is 1. The highest BCUT2D eigenvalue weighted by Crippen LogP contribution is 2.27. The van der Waals surface area contributed by atoms with Crippen LogP contribution in [0.3, 0.4) is 0 Å². The molecule has 1 aromatic heterocycles. The third-order valence-corrected chi connectivity index (χ3v) is 6.29. The topological polar surface area (TPSA) is 98.6 Å². The van der Waals surface area contributed by atoms with E-state index in [1.54, 1.807) is 18.0 Å². The first-order valence-electron chi connectivity index (χ1n) is 11.9. The third-order valence-electron chi connectivity index (χ3n) is 6.29. The van der Waals surface area contributed by atoms with E-state index in [4.69, 9.17) is 9.47 Å². The third kappa shape index (κ3) is 6.17. The molecule has 2 atom stereocenters. The van der Waals surface area contributed by atoms with Gasteiger partial charge in [0.2, 0.25) is 5.91 Å². The molecule has 1 fully saturated rings. The van der Waals surface area contributed by atoms with E-state index in [1.807, 2.05) is 54.6 Å². The molecular formula is C27H31N5O4. The summed E-state index contributed by atoms with van der Waals surface area (Å²) in [6, 6.07) is 17.4. The summed E-state index contributed by atoms with van der Waals surface area (Å²) in [5.74, 6) is 0.236. The van der Waals surface area contributed by atoms with E-state index in [9.17, 15) is 9.59 Å². The van der Waals surface area contributed by atoms with Crippen LogP contribution in [0, 0.1) is 0 Å². The second-order valence-electron chi connectivity index (χ2n) is 8.61. The van der Waals surface area contributed by atoms with Crippen molar-refractivity contribution in [1.82, 2.24) is 25.2 Å². The summed E-state index contributed by atoms with van der Waals surface area (Å²) in [4.78, 5) is 27.1. The highest BCUT2D eigenvalue weighted by atomic mass is 16.5. The molecule has 0 bridgehead atoms. The van der Waals surface area contributed by atoms with Gasteiger partial charge in [0.15, 0.2) is 5.69 Å². The lowest BCUT2D eigenvalue weighted by Crippen LogP contribution is -2.43. The molecule has 0 spiro atoms. The fourth-order valence-electron chi connectivity index (χ4n) is 4.41. The first kappa shape index (κ1) is 25.1. The number of benzene rings is 2. The van der Waals surface area contributed by atoms with Crippen LogP contribution in [0.5, 0.6) is 5.75 Å². The van der Waals surface area contributed by atoms with Gasteiger partial charge in [-0.25, -0.2) is 9.48 Å². The number of hydrogen-bond acceptors (Lipinski definition) is 7. The predicted octanol–water partition coefficient (Wildman–Crippen LogP) is 2.76. The lowest BCUT2D eigenvalue weighted by Gasteiger charge is -2.22. The first-order valence-corrected chi connectivity index (χ1v) is 11.9. The van der Waals surface area contributed by atoms with Gasteiger partial charge in [-0.15, -0.1) is 5.10 Å². The summed E-state index contributed by atoms with van der Waals surface area (Å²) in [6.45, 7) is 1.73. The Morgan fingerprint density at radius 3 is 2.67 bits per heavy atom. The zero-order valence-electron chi connectivity index (χ0n) is 20.5. The molecule has 1 saturated heterocycles. The van der Waals surface area contributed by atoms with Crippen LogP contribution in [0.2, 0.25) is 0 Å². The van der Waals surface area contributed by atoms with Crippen molar-refractivity contribution >= 4 is 18.0 Å². The summed E-state index contributed by atoms with van der Waals surface area (Å²) in [5, 5.41) is 11.1. The highest BCUT2D eigenvalue weighted by molar-refractivity contribution is 5.86. The van der Waals surface area contributed by atoms with Gasteiger partial charge in [0, 0.05) is 25.2 Å². The zero-order chi connectivity index (χ0) is 25.3. The summed E-state index contributed by atoms with van der Waals surface area (Å²) >= 11 is 0. The van der Waals surface area contributed by atoms with Crippen LogP contribution in [-0.4, -0.2) is 71.7 Å². The lowest BCUT2D eigenvalue weighted by molar-refractivity contribution is -0.125. The highest BCUT2D eigenvalue weighted by Gasteiger charge is 2.37. The molecule has 0 radical (unpaired) electrons. The van der Waals surface area contributed by atoms with Crippen molar-refractivity contribution in [2.45, 2.75) is 24.9 Å². The lowest BCUT2D eigenvalue weighted by atomic mass is 10.1. The van der Waals surface area contributed by atoms with Crippen molar-refractivity contribution in [3.05, 3.63) is 83.7 Å². The average molecular weight is 490 g/mol. The molecule has 188 valence electrons. The largest absolute Gasteiger partial charge is 0.496 e. The predicted molar refractivity (Wildman–Crippen MR) is 136 cm³/mol. The number of likely N-dealkylation sites (tertiary alicyclic amines) is 1. The number of methoxy groups -OCH3 is 2. The van der Waals surface area contributed by atoms with Crippen LogP contribution in [0.1, 0.15) is 34.1 Å². The Labute approximate surface area is 210 Å². The van der Waals surface area contributed by atoms with Crippen molar-refractivity contribution in [3.8, 4) is 5.75 Å². The van der Waals surface area contributed by atoms with Gasteiger partial charge in [-0.1, -0.05) is 65.9 Å². The molecular weight excluding hydrogens is 458 g/mol. The quantitative estimate of drug-likeness (QED) is 0.437. The van der Waals surface area contributed by atoms with Crippen LogP contribution in [-0.2, 0) is 16.0 Å². The van der Waals surface area contributed by atoms with Gasteiger partial charge in [0.25, 0.3) is 0 Å². The van der Waals surface area contributed by atoms with E-state index in [0.29, 0.717) is 26.1 Å². The van der Waals surface area contributed by atoms with Gasteiger partial charge in [-0.3, -0.25) is 9.69 Å². The van der Waals surface area contributed by atoms with Crippen LogP contribution < -0.4 is 10.1 Å². The number of para-hydroxylation sites is 1. The maximum absolute atomic E-state index is 13.2. The normalized spacial score (nSPS) is 17.8. The molecule has 3 aromatic rings. The summed E-state index contributed by atoms with van der Waals surface area (Å²) in [5.41, 5.74) is 2.30. The van der Waals surface area contributed by atoms with E-state index in [2.05, 4.69) is 32.7 Å². The Bertz CT molecular complexity index is 1190. The molecule has 4 rings (SSSR count).